The van der Waals surface area contributed by atoms with Crippen molar-refractivity contribution in [2.24, 2.45) is 0 Å². The molecule has 0 fully saturated rings. The minimum absolute atomic E-state index is 0.137. The molecule has 0 aromatic heterocycles. The zero-order valence-corrected chi connectivity index (χ0v) is 19.2. The summed E-state index contributed by atoms with van der Waals surface area (Å²) < 4.78 is 5.99. The highest BCUT2D eigenvalue weighted by atomic mass is 79.9. The molecule has 3 rings (SSSR count). The molecule has 3 N–H and O–H groups in total. The van der Waals surface area contributed by atoms with Gasteiger partial charge in [-0.05, 0) is 33.1 Å². The summed E-state index contributed by atoms with van der Waals surface area (Å²) in [6.45, 7) is 0.417. The van der Waals surface area contributed by atoms with E-state index in [-0.39, 0.29) is 25.2 Å². The number of hydroxylamine groups is 1. The Morgan fingerprint density at radius 3 is 2.42 bits per heavy atom. The lowest BCUT2D eigenvalue weighted by Crippen LogP contribution is -2.49. The molecule has 164 valence electrons. The van der Waals surface area contributed by atoms with Crippen molar-refractivity contribution in [2.75, 3.05) is 12.3 Å². The van der Waals surface area contributed by atoms with Crippen molar-refractivity contribution < 1.29 is 19.2 Å². The Kier molecular flexibility index (Phi) is 9.26. The van der Waals surface area contributed by atoms with Gasteiger partial charge >= 0.3 is 6.09 Å². The summed E-state index contributed by atoms with van der Waals surface area (Å²) in [6.07, 6.45) is 0.882. The molecular weight excluding hydrogens is 482 g/mol. The van der Waals surface area contributed by atoms with Crippen LogP contribution >= 0.6 is 27.7 Å². The molecule has 1 aliphatic heterocycles. The highest BCUT2D eigenvalue weighted by molar-refractivity contribution is 9.11. The maximum absolute atomic E-state index is 12.7. The maximum atomic E-state index is 12.7. The molecule has 31 heavy (non-hydrogen) atoms. The Balaban J connectivity index is 1.51. The quantitative estimate of drug-likeness (QED) is 0.428. The van der Waals surface area contributed by atoms with Gasteiger partial charge in [-0.15, -0.1) is 0 Å². The molecule has 0 aliphatic carbocycles. The van der Waals surface area contributed by atoms with E-state index in [1.165, 1.54) is 0 Å². The number of ether oxygens (including phenoxy) is 1. The molecule has 0 spiro atoms. The zero-order chi connectivity index (χ0) is 21.9. The second kappa shape index (κ2) is 12.4. The van der Waals surface area contributed by atoms with Crippen LogP contribution in [-0.4, -0.2) is 36.4 Å². The van der Waals surface area contributed by atoms with Gasteiger partial charge in [-0.25, -0.2) is 4.79 Å². The van der Waals surface area contributed by atoms with Gasteiger partial charge in [0.2, 0.25) is 5.91 Å². The van der Waals surface area contributed by atoms with E-state index in [0.29, 0.717) is 10.4 Å². The molecule has 0 saturated carbocycles. The second-order valence-corrected chi connectivity index (χ2v) is 8.66. The lowest BCUT2D eigenvalue weighted by molar-refractivity contribution is -0.123. The summed E-state index contributed by atoms with van der Waals surface area (Å²) in [7, 11) is 0. The molecule has 2 aromatic carbocycles. The lowest BCUT2D eigenvalue weighted by atomic mass is 10.2. The first-order valence-corrected chi connectivity index (χ1v) is 11.7. The predicted molar refractivity (Wildman–Crippen MR) is 124 cm³/mol. The number of rotatable bonds is 10. The van der Waals surface area contributed by atoms with E-state index < -0.39 is 12.1 Å². The van der Waals surface area contributed by atoms with E-state index in [1.54, 1.807) is 17.8 Å². The highest BCUT2D eigenvalue weighted by Crippen LogP contribution is 2.14. The molecule has 2 amide bonds. The van der Waals surface area contributed by atoms with Crippen LogP contribution in [0.3, 0.4) is 0 Å². The molecule has 2 aromatic rings. The van der Waals surface area contributed by atoms with E-state index in [4.69, 9.17) is 9.57 Å². The summed E-state index contributed by atoms with van der Waals surface area (Å²) in [6, 6.07) is 18.6. The van der Waals surface area contributed by atoms with Gasteiger partial charge in [0.15, 0.2) is 0 Å². The smallest absolute Gasteiger partial charge is 0.408 e. The standard InChI is InChI=1S/C22H24BrN3O4S/c23-20-11-18(30-26-20)12-24-21(27)19(15-31-14-17-9-5-2-6-10-17)25-22(28)29-13-16-7-3-1-4-8-16/h1-11,18-19,26H,12-15H2,(H,24,27)(H,25,28). The summed E-state index contributed by atoms with van der Waals surface area (Å²) in [5.41, 5.74) is 4.70. The number of benzene rings is 2. The van der Waals surface area contributed by atoms with E-state index >= 15 is 0 Å². The van der Waals surface area contributed by atoms with Crippen molar-refractivity contribution in [1.29, 1.82) is 0 Å². The number of carbonyl (C=O) groups excluding carboxylic acids is 2. The fourth-order valence-corrected chi connectivity index (χ4v) is 4.15. The molecule has 7 nitrogen and oxygen atoms in total. The van der Waals surface area contributed by atoms with Crippen LogP contribution in [-0.2, 0) is 26.7 Å². The van der Waals surface area contributed by atoms with Crippen molar-refractivity contribution in [1.82, 2.24) is 16.1 Å². The molecule has 2 atom stereocenters. The molecular formula is C22H24BrN3O4S. The maximum Gasteiger partial charge on any atom is 0.408 e. The Hall–Kier alpha value is -2.49. The van der Waals surface area contributed by atoms with Crippen molar-refractivity contribution in [3.8, 4) is 0 Å². The van der Waals surface area contributed by atoms with E-state index in [9.17, 15) is 9.59 Å². The van der Waals surface area contributed by atoms with Gasteiger partial charge in [-0.1, -0.05) is 60.7 Å². The topological polar surface area (TPSA) is 88.7 Å². The Labute approximate surface area is 194 Å². The average Bonchev–Trinajstić information content (AvgIpc) is 3.22. The third kappa shape index (κ3) is 8.28. The van der Waals surface area contributed by atoms with Crippen LogP contribution < -0.4 is 16.1 Å². The first-order chi connectivity index (χ1) is 15.1. The van der Waals surface area contributed by atoms with Crippen LogP contribution in [0.25, 0.3) is 0 Å². The lowest BCUT2D eigenvalue weighted by Gasteiger charge is -2.19. The SMILES string of the molecule is O=C(NC(CSCc1ccccc1)C(=O)NCC1C=C(Br)NO1)OCc1ccccc1. The number of halogens is 1. The van der Waals surface area contributed by atoms with Crippen LogP contribution in [0, 0.1) is 0 Å². The summed E-state index contributed by atoms with van der Waals surface area (Å²) >= 11 is 4.84. The molecule has 2 unspecified atom stereocenters. The van der Waals surface area contributed by atoms with Crippen molar-refractivity contribution in [3.63, 3.8) is 0 Å². The number of thioether (sulfide) groups is 1. The van der Waals surface area contributed by atoms with Gasteiger partial charge in [-0.3, -0.25) is 15.1 Å². The fourth-order valence-electron chi connectivity index (χ4n) is 2.75. The van der Waals surface area contributed by atoms with Crippen molar-refractivity contribution in [2.45, 2.75) is 24.5 Å². The number of hydrogen-bond donors (Lipinski definition) is 3. The summed E-state index contributed by atoms with van der Waals surface area (Å²) in [4.78, 5) is 30.3. The van der Waals surface area contributed by atoms with Gasteiger partial charge in [-0.2, -0.15) is 11.8 Å². The van der Waals surface area contributed by atoms with Gasteiger partial charge in [0, 0.05) is 11.5 Å². The molecule has 0 saturated heterocycles. The Bertz CT molecular complexity index is 883. The average molecular weight is 506 g/mol. The van der Waals surface area contributed by atoms with Crippen LogP contribution in [0.2, 0.25) is 0 Å². The highest BCUT2D eigenvalue weighted by Gasteiger charge is 2.23. The van der Waals surface area contributed by atoms with Gasteiger partial charge in [0.25, 0.3) is 0 Å². The minimum atomic E-state index is -0.737. The third-order valence-corrected chi connectivity index (χ3v) is 5.87. The van der Waals surface area contributed by atoms with Gasteiger partial charge in [0.05, 0.1) is 6.54 Å². The second-order valence-electron chi connectivity index (χ2n) is 6.78. The van der Waals surface area contributed by atoms with Crippen LogP contribution in [0.4, 0.5) is 4.79 Å². The summed E-state index contributed by atoms with van der Waals surface area (Å²) in [5, 5.41) is 5.50. The predicted octanol–water partition coefficient (Wildman–Crippen LogP) is 3.47. The number of nitrogens with one attached hydrogen (secondary N) is 3. The molecule has 1 aliphatic rings. The molecule has 1 heterocycles. The van der Waals surface area contributed by atoms with Crippen LogP contribution in [0.1, 0.15) is 11.1 Å². The summed E-state index contributed by atoms with van der Waals surface area (Å²) in [5.74, 6) is 0.846. The molecule has 0 radical (unpaired) electrons. The first kappa shape index (κ1) is 23.2. The van der Waals surface area contributed by atoms with Crippen LogP contribution in [0.5, 0.6) is 0 Å². The normalized spacial score (nSPS) is 16.0. The fraction of sp³-hybridized carbons (Fsp3) is 0.273. The molecule has 0 bridgehead atoms. The molecule has 9 heteroatoms. The minimum Gasteiger partial charge on any atom is -0.445 e. The van der Waals surface area contributed by atoms with E-state index in [0.717, 1.165) is 16.9 Å². The van der Waals surface area contributed by atoms with Crippen molar-refractivity contribution in [3.05, 3.63) is 82.5 Å². The third-order valence-electron chi connectivity index (χ3n) is 4.33. The first-order valence-electron chi connectivity index (χ1n) is 9.76. The van der Waals surface area contributed by atoms with E-state index in [2.05, 4.69) is 32.0 Å². The monoisotopic (exact) mass is 505 g/mol. The number of amides is 2. The number of alkyl carbamates (subject to hydrolysis) is 1. The van der Waals surface area contributed by atoms with Crippen LogP contribution in [0.15, 0.2) is 71.3 Å². The van der Waals surface area contributed by atoms with Crippen molar-refractivity contribution >= 4 is 39.7 Å². The number of carbonyl (C=O) groups is 2. The number of hydrogen-bond acceptors (Lipinski definition) is 6. The van der Waals surface area contributed by atoms with Gasteiger partial charge in [0.1, 0.15) is 23.4 Å². The van der Waals surface area contributed by atoms with E-state index in [1.807, 2.05) is 60.7 Å². The Morgan fingerprint density at radius 2 is 1.77 bits per heavy atom. The van der Waals surface area contributed by atoms with Gasteiger partial charge < -0.3 is 15.4 Å². The largest absolute Gasteiger partial charge is 0.445 e. The Morgan fingerprint density at radius 1 is 1.10 bits per heavy atom. The zero-order valence-electron chi connectivity index (χ0n) is 16.8.